The van der Waals surface area contributed by atoms with Crippen LogP contribution in [0, 0.1) is 6.92 Å². The SMILES string of the molecule is Cc1nc2c(C=O)c3ccccc3cc2[nH]1. The average molecular weight is 210 g/mol. The van der Waals surface area contributed by atoms with Crippen molar-refractivity contribution in [1.29, 1.82) is 0 Å². The van der Waals surface area contributed by atoms with E-state index >= 15 is 0 Å². The van der Waals surface area contributed by atoms with Gasteiger partial charge in [0.2, 0.25) is 0 Å². The van der Waals surface area contributed by atoms with Crippen LogP contribution in [-0.2, 0) is 0 Å². The number of hydrogen-bond donors (Lipinski definition) is 1. The normalized spacial score (nSPS) is 11.1. The van der Waals surface area contributed by atoms with Gasteiger partial charge in [0, 0.05) is 0 Å². The third-order valence-corrected chi connectivity index (χ3v) is 2.77. The Balaban J connectivity index is 2.60. The Hall–Kier alpha value is -2.16. The lowest BCUT2D eigenvalue weighted by Crippen LogP contribution is -1.86. The van der Waals surface area contributed by atoms with Crippen molar-refractivity contribution in [3.05, 3.63) is 41.7 Å². The highest BCUT2D eigenvalue weighted by atomic mass is 16.1. The van der Waals surface area contributed by atoms with Crippen molar-refractivity contribution in [3.63, 3.8) is 0 Å². The molecule has 1 heterocycles. The van der Waals surface area contributed by atoms with Crippen molar-refractivity contribution < 1.29 is 4.79 Å². The zero-order valence-electron chi connectivity index (χ0n) is 8.82. The number of benzene rings is 2. The van der Waals surface area contributed by atoms with Crippen molar-refractivity contribution in [2.24, 2.45) is 0 Å². The van der Waals surface area contributed by atoms with Gasteiger partial charge < -0.3 is 4.98 Å². The summed E-state index contributed by atoms with van der Waals surface area (Å²) in [5.74, 6) is 0.827. The van der Waals surface area contributed by atoms with Gasteiger partial charge in [0.25, 0.3) is 0 Å². The number of aromatic amines is 1. The van der Waals surface area contributed by atoms with Crippen LogP contribution in [-0.4, -0.2) is 16.3 Å². The third-order valence-electron chi connectivity index (χ3n) is 2.77. The summed E-state index contributed by atoms with van der Waals surface area (Å²) in [4.78, 5) is 18.7. The van der Waals surface area contributed by atoms with E-state index in [4.69, 9.17) is 0 Å². The maximum atomic E-state index is 11.2. The van der Waals surface area contributed by atoms with Crippen molar-refractivity contribution in [1.82, 2.24) is 9.97 Å². The number of fused-ring (bicyclic) bond motifs is 2. The quantitative estimate of drug-likeness (QED) is 0.628. The summed E-state index contributed by atoms with van der Waals surface area (Å²) in [6, 6.07) is 9.87. The van der Waals surface area contributed by atoms with Crippen LogP contribution in [0.4, 0.5) is 0 Å². The molecule has 0 radical (unpaired) electrons. The lowest BCUT2D eigenvalue weighted by Gasteiger charge is -2.01. The monoisotopic (exact) mass is 210 g/mol. The van der Waals surface area contributed by atoms with E-state index in [1.165, 1.54) is 0 Å². The van der Waals surface area contributed by atoms with Crippen LogP contribution in [0.3, 0.4) is 0 Å². The van der Waals surface area contributed by atoms with Crippen molar-refractivity contribution >= 4 is 28.1 Å². The predicted molar refractivity (Wildman–Crippen MR) is 63.7 cm³/mol. The van der Waals surface area contributed by atoms with Crippen LogP contribution < -0.4 is 0 Å². The van der Waals surface area contributed by atoms with E-state index < -0.39 is 0 Å². The maximum absolute atomic E-state index is 11.2. The summed E-state index contributed by atoms with van der Waals surface area (Å²) in [5, 5.41) is 2.01. The summed E-state index contributed by atoms with van der Waals surface area (Å²) < 4.78 is 0. The molecule has 0 spiro atoms. The number of H-pyrrole nitrogens is 1. The standard InChI is InChI=1S/C13H10N2O/c1-8-14-12-6-9-4-2-3-5-10(9)11(7-16)13(12)15-8/h2-7H,1H3,(H,14,15). The molecule has 2 aromatic carbocycles. The Bertz CT molecular complexity index is 698. The zero-order valence-corrected chi connectivity index (χ0v) is 8.82. The highest BCUT2D eigenvalue weighted by Crippen LogP contribution is 2.25. The first-order chi connectivity index (χ1) is 7.79. The zero-order chi connectivity index (χ0) is 11.1. The Morgan fingerprint density at radius 3 is 2.94 bits per heavy atom. The summed E-state index contributed by atoms with van der Waals surface area (Å²) in [6.07, 6.45) is 0.880. The van der Waals surface area contributed by atoms with Crippen molar-refractivity contribution in [2.45, 2.75) is 6.92 Å². The van der Waals surface area contributed by atoms with Crippen molar-refractivity contribution in [2.75, 3.05) is 0 Å². The molecule has 0 unspecified atom stereocenters. The minimum Gasteiger partial charge on any atom is -0.342 e. The van der Waals surface area contributed by atoms with E-state index in [-0.39, 0.29) is 0 Å². The number of carbonyl (C=O) groups excluding carboxylic acids is 1. The van der Waals surface area contributed by atoms with Crippen LogP contribution in [0.1, 0.15) is 16.2 Å². The average Bonchev–Trinajstić information content (AvgIpc) is 2.65. The van der Waals surface area contributed by atoms with Crippen LogP contribution in [0.5, 0.6) is 0 Å². The number of aldehydes is 1. The van der Waals surface area contributed by atoms with E-state index in [2.05, 4.69) is 9.97 Å². The minimum atomic E-state index is 0.664. The molecular weight excluding hydrogens is 200 g/mol. The topological polar surface area (TPSA) is 45.8 Å². The van der Waals surface area contributed by atoms with Gasteiger partial charge in [-0.2, -0.15) is 0 Å². The molecule has 1 N–H and O–H groups in total. The molecule has 0 aliphatic rings. The Kier molecular flexibility index (Phi) is 1.80. The molecule has 0 amide bonds. The first kappa shape index (κ1) is 9.09. The van der Waals surface area contributed by atoms with Gasteiger partial charge in [-0.25, -0.2) is 4.98 Å². The number of aryl methyl sites for hydroxylation is 1. The van der Waals surface area contributed by atoms with Crippen LogP contribution in [0.2, 0.25) is 0 Å². The van der Waals surface area contributed by atoms with E-state index in [1.807, 2.05) is 37.3 Å². The second kappa shape index (κ2) is 3.17. The van der Waals surface area contributed by atoms with Gasteiger partial charge >= 0.3 is 0 Å². The Labute approximate surface area is 92.1 Å². The number of imidazole rings is 1. The number of nitrogens with zero attached hydrogens (tertiary/aromatic N) is 1. The molecule has 3 rings (SSSR count). The number of carbonyl (C=O) groups is 1. The summed E-state index contributed by atoms with van der Waals surface area (Å²) >= 11 is 0. The number of nitrogens with one attached hydrogen (secondary N) is 1. The molecule has 16 heavy (non-hydrogen) atoms. The molecule has 0 saturated carbocycles. The number of rotatable bonds is 1. The van der Waals surface area contributed by atoms with E-state index in [9.17, 15) is 4.79 Å². The van der Waals surface area contributed by atoms with Gasteiger partial charge in [0.05, 0.1) is 16.6 Å². The van der Waals surface area contributed by atoms with Gasteiger partial charge in [-0.05, 0) is 23.8 Å². The van der Waals surface area contributed by atoms with E-state index in [0.29, 0.717) is 5.56 Å². The molecule has 0 saturated heterocycles. The van der Waals surface area contributed by atoms with Gasteiger partial charge in [-0.3, -0.25) is 4.79 Å². The molecule has 1 aromatic heterocycles. The fourth-order valence-corrected chi connectivity index (χ4v) is 2.09. The first-order valence-electron chi connectivity index (χ1n) is 5.13. The number of aromatic nitrogens is 2. The molecule has 0 aliphatic carbocycles. The Morgan fingerprint density at radius 2 is 2.12 bits per heavy atom. The smallest absolute Gasteiger partial charge is 0.152 e. The van der Waals surface area contributed by atoms with Gasteiger partial charge in [-0.15, -0.1) is 0 Å². The highest BCUT2D eigenvalue weighted by molar-refractivity contribution is 6.10. The van der Waals surface area contributed by atoms with E-state index in [1.54, 1.807) is 0 Å². The summed E-state index contributed by atoms with van der Waals surface area (Å²) in [6.45, 7) is 1.89. The first-order valence-corrected chi connectivity index (χ1v) is 5.13. The molecule has 0 aliphatic heterocycles. The largest absolute Gasteiger partial charge is 0.342 e. The molecule has 3 nitrogen and oxygen atoms in total. The molecular formula is C13H10N2O. The third kappa shape index (κ3) is 1.15. The fraction of sp³-hybridized carbons (Fsp3) is 0.0769. The summed E-state index contributed by atoms with van der Waals surface area (Å²) in [7, 11) is 0. The maximum Gasteiger partial charge on any atom is 0.152 e. The molecule has 3 aromatic rings. The lowest BCUT2D eigenvalue weighted by atomic mass is 10.0. The molecule has 0 atom stereocenters. The highest BCUT2D eigenvalue weighted by Gasteiger charge is 2.09. The van der Waals surface area contributed by atoms with Crippen LogP contribution in [0.25, 0.3) is 21.8 Å². The van der Waals surface area contributed by atoms with E-state index in [0.717, 1.165) is 33.9 Å². The molecule has 78 valence electrons. The number of hydrogen-bond acceptors (Lipinski definition) is 2. The van der Waals surface area contributed by atoms with Gasteiger partial charge in [0.15, 0.2) is 6.29 Å². The van der Waals surface area contributed by atoms with Crippen molar-refractivity contribution in [3.8, 4) is 0 Å². The lowest BCUT2D eigenvalue weighted by molar-refractivity contribution is 0.112. The Morgan fingerprint density at radius 1 is 1.31 bits per heavy atom. The summed E-state index contributed by atoms with van der Waals surface area (Å²) in [5.41, 5.74) is 2.34. The molecule has 3 heteroatoms. The molecule has 0 fully saturated rings. The molecule has 0 bridgehead atoms. The predicted octanol–water partition coefficient (Wildman–Crippen LogP) is 2.84. The minimum absolute atomic E-state index is 0.664. The van der Waals surface area contributed by atoms with Crippen LogP contribution >= 0.6 is 0 Å². The second-order valence-corrected chi connectivity index (χ2v) is 3.85. The second-order valence-electron chi connectivity index (χ2n) is 3.85. The van der Waals surface area contributed by atoms with Gasteiger partial charge in [0.1, 0.15) is 5.82 Å². The van der Waals surface area contributed by atoms with Crippen LogP contribution in [0.15, 0.2) is 30.3 Å². The fourth-order valence-electron chi connectivity index (χ4n) is 2.09. The van der Waals surface area contributed by atoms with Gasteiger partial charge in [-0.1, -0.05) is 24.3 Å².